The quantitative estimate of drug-likeness (QED) is 0.834. The van der Waals surface area contributed by atoms with E-state index in [4.69, 9.17) is 0 Å². The van der Waals surface area contributed by atoms with Gasteiger partial charge in [0, 0.05) is 25.5 Å². The lowest BCUT2D eigenvalue weighted by atomic mass is 10.3. The van der Waals surface area contributed by atoms with Crippen LogP contribution in [-0.2, 0) is 6.54 Å². The molecule has 2 heterocycles. The predicted octanol–water partition coefficient (Wildman–Crippen LogP) is 1.62. The lowest BCUT2D eigenvalue weighted by Crippen LogP contribution is -2.25. The molecule has 0 aliphatic rings. The van der Waals surface area contributed by atoms with Crippen molar-refractivity contribution in [1.29, 1.82) is 0 Å². The van der Waals surface area contributed by atoms with Gasteiger partial charge in [-0.15, -0.1) is 10.2 Å². The number of pyridine rings is 1. The van der Waals surface area contributed by atoms with Gasteiger partial charge in [0.1, 0.15) is 5.82 Å². The van der Waals surface area contributed by atoms with Crippen LogP contribution in [0.15, 0.2) is 36.7 Å². The minimum atomic E-state index is -0.196. The number of carbonyl (C=O) groups excluding carboxylic acids is 1. The molecule has 0 aliphatic carbocycles. The van der Waals surface area contributed by atoms with Crippen LogP contribution in [0.3, 0.4) is 0 Å². The Hall–Kier alpha value is -2.50. The maximum absolute atomic E-state index is 11.7. The van der Waals surface area contributed by atoms with Gasteiger partial charge in [-0.2, -0.15) is 0 Å². The number of anilines is 1. The van der Waals surface area contributed by atoms with Gasteiger partial charge < -0.3 is 10.6 Å². The molecule has 1 amide bonds. The average molecular weight is 271 g/mol. The van der Waals surface area contributed by atoms with E-state index >= 15 is 0 Å². The molecule has 2 rings (SSSR count). The van der Waals surface area contributed by atoms with Gasteiger partial charge >= 0.3 is 0 Å². The lowest BCUT2D eigenvalue weighted by molar-refractivity contribution is 0.0947. The first-order valence-electron chi connectivity index (χ1n) is 6.54. The predicted molar refractivity (Wildman–Crippen MR) is 76.2 cm³/mol. The summed E-state index contributed by atoms with van der Waals surface area (Å²) in [6.07, 6.45) is 4.41. The van der Waals surface area contributed by atoms with Crippen molar-refractivity contribution in [3.63, 3.8) is 0 Å². The van der Waals surface area contributed by atoms with Crippen molar-refractivity contribution in [3.05, 3.63) is 47.9 Å². The second kappa shape index (κ2) is 7.18. The van der Waals surface area contributed by atoms with Gasteiger partial charge in [-0.25, -0.2) is 0 Å². The highest BCUT2D eigenvalue weighted by atomic mass is 16.1. The molecule has 0 saturated carbocycles. The monoisotopic (exact) mass is 271 g/mol. The number of aromatic nitrogens is 3. The first-order chi connectivity index (χ1) is 9.79. The van der Waals surface area contributed by atoms with Gasteiger partial charge in [0.25, 0.3) is 5.91 Å². The van der Waals surface area contributed by atoms with Crippen molar-refractivity contribution in [2.75, 3.05) is 11.9 Å². The fourth-order valence-electron chi connectivity index (χ4n) is 1.57. The van der Waals surface area contributed by atoms with E-state index in [1.165, 1.54) is 0 Å². The zero-order chi connectivity index (χ0) is 14.2. The van der Waals surface area contributed by atoms with E-state index in [0.717, 1.165) is 12.0 Å². The molecule has 6 nitrogen and oxygen atoms in total. The van der Waals surface area contributed by atoms with Crippen molar-refractivity contribution >= 4 is 11.7 Å². The van der Waals surface area contributed by atoms with Crippen LogP contribution in [0.25, 0.3) is 0 Å². The molecule has 6 heteroatoms. The molecule has 0 unspecified atom stereocenters. The van der Waals surface area contributed by atoms with Crippen molar-refractivity contribution in [2.24, 2.45) is 0 Å². The van der Waals surface area contributed by atoms with Crippen molar-refractivity contribution < 1.29 is 4.79 Å². The molecule has 0 bridgehead atoms. The van der Waals surface area contributed by atoms with Gasteiger partial charge in [-0.1, -0.05) is 13.0 Å². The maximum Gasteiger partial charge on any atom is 0.271 e. The van der Waals surface area contributed by atoms with E-state index in [-0.39, 0.29) is 5.91 Å². The van der Waals surface area contributed by atoms with Crippen LogP contribution < -0.4 is 10.6 Å². The van der Waals surface area contributed by atoms with Crippen molar-refractivity contribution in [3.8, 4) is 0 Å². The van der Waals surface area contributed by atoms with E-state index in [0.29, 0.717) is 24.6 Å². The Morgan fingerprint density at radius 3 is 2.80 bits per heavy atom. The molecular weight excluding hydrogens is 254 g/mol. The number of carbonyl (C=O) groups is 1. The number of nitrogens with zero attached hydrogens (tertiary/aromatic N) is 3. The van der Waals surface area contributed by atoms with Crippen molar-refractivity contribution in [2.45, 2.75) is 19.9 Å². The molecule has 0 fully saturated rings. The third kappa shape index (κ3) is 4.01. The average Bonchev–Trinajstić information content (AvgIpc) is 2.52. The van der Waals surface area contributed by atoms with Gasteiger partial charge in [0.05, 0.1) is 0 Å². The van der Waals surface area contributed by atoms with Gasteiger partial charge in [-0.05, 0) is 30.2 Å². The summed E-state index contributed by atoms with van der Waals surface area (Å²) >= 11 is 0. The number of nitrogens with one attached hydrogen (secondary N) is 2. The van der Waals surface area contributed by atoms with Crippen LogP contribution in [0.2, 0.25) is 0 Å². The molecule has 0 saturated heterocycles. The van der Waals surface area contributed by atoms with Gasteiger partial charge in [-0.3, -0.25) is 9.78 Å². The van der Waals surface area contributed by atoms with E-state index in [2.05, 4.69) is 25.8 Å². The summed E-state index contributed by atoms with van der Waals surface area (Å²) in [6.45, 7) is 3.25. The SMILES string of the molecule is CCCNC(=O)c1ccc(NCc2cccnc2)nn1. The summed E-state index contributed by atoms with van der Waals surface area (Å²) < 4.78 is 0. The Morgan fingerprint density at radius 2 is 2.15 bits per heavy atom. The molecule has 2 aromatic heterocycles. The molecule has 2 N–H and O–H groups in total. The Labute approximate surface area is 117 Å². The standard InChI is InChI=1S/C14H17N5O/c1-2-7-16-14(20)12-5-6-13(19-18-12)17-10-11-4-3-8-15-9-11/h3-6,8-9H,2,7,10H2,1H3,(H,16,20)(H,17,19). The second-order valence-electron chi connectivity index (χ2n) is 4.27. The molecule has 0 spiro atoms. The number of hydrogen-bond acceptors (Lipinski definition) is 5. The Kier molecular flexibility index (Phi) is 5.00. The Morgan fingerprint density at radius 1 is 1.25 bits per heavy atom. The topological polar surface area (TPSA) is 79.8 Å². The highest BCUT2D eigenvalue weighted by Crippen LogP contribution is 2.05. The fourth-order valence-corrected chi connectivity index (χ4v) is 1.57. The van der Waals surface area contributed by atoms with Gasteiger partial charge in [0.2, 0.25) is 0 Å². The van der Waals surface area contributed by atoms with Crippen LogP contribution in [0, 0.1) is 0 Å². The third-order valence-corrected chi connectivity index (χ3v) is 2.63. The van der Waals surface area contributed by atoms with Crippen LogP contribution in [-0.4, -0.2) is 27.6 Å². The Bertz CT molecular complexity index is 541. The first-order valence-corrected chi connectivity index (χ1v) is 6.54. The highest BCUT2D eigenvalue weighted by Gasteiger charge is 2.06. The molecular formula is C14H17N5O. The largest absolute Gasteiger partial charge is 0.364 e. The fraction of sp³-hybridized carbons (Fsp3) is 0.286. The second-order valence-corrected chi connectivity index (χ2v) is 4.27. The van der Waals surface area contributed by atoms with Crippen LogP contribution in [0.4, 0.5) is 5.82 Å². The van der Waals surface area contributed by atoms with Crippen molar-refractivity contribution in [1.82, 2.24) is 20.5 Å². The zero-order valence-electron chi connectivity index (χ0n) is 11.3. The minimum Gasteiger partial charge on any atom is -0.364 e. The van der Waals surface area contributed by atoms with Crippen LogP contribution in [0.1, 0.15) is 29.4 Å². The lowest BCUT2D eigenvalue weighted by Gasteiger charge is -2.05. The molecule has 0 aromatic carbocycles. The first kappa shape index (κ1) is 13.9. The van der Waals surface area contributed by atoms with E-state index in [1.54, 1.807) is 24.5 Å². The molecule has 104 valence electrons. The summed E-state index contributed by atoms with van der Waals surface area (Å²) in [5.74, 6) is 0.430. The summed E-state index contributed by atoms with van der Waals surface area (Å²) in [4.78, 5) is 15.7. The highest BCUT2D eigenvalue weighted by molar-refractivity contribution is 5.92. The summed E-state index contributed by atoms with van der Waals surface area (Å²) in [5, 5.41) is 13.8. The Balaban J connectivity index is 1.90. The van der Waals surface area contributed by atoms with Crippen LogP contribution in [0.5, 0.6) is 0 Å². The van der Waals surface area contributed by atoms with E-state index in [9.17, 15) is 4.79 Å². The zero-order valence-corrected chi connectivity index (χ0v) is 11.3. The molecule has 0 atom stereocenters. The molecule has 0 aliphatic heterocycles. The van der Waals surface area contributed by atoms with E-state index < -0.39 is 0 Å². The molecule has 20 heavy (non-hydrogen) atoms. The smallest absolute Gasteiger partial charge is 0.271 e. The number of hydrogen-bond donors (Lipinski definition) is 2. The van der Waals surface area contributed by atoms with E-state index in [1.807, 2.05) is 19.1 Å². The summed E-state index contributed by atoms with van der Waals surface area (Å²) in [5.41, 5.74) is 1.38. The number of amides is 1. The summed E-state index contributed by atoms with van der Waals surface area (Å²) in [7, 11) is 0. The van der Waals surface area contributed by atoms with Gasteiger partial charge in [0.15, 0.2) is 5.69 Å². The maximum atomic E-state index is 11.7. The summed E-state index contributed by atoms with van der Waals surface area (Å²) in [6, 6.07) is 7.25. The third-order valence-electron chi connectivity index (χ3n) is 2.63. The molecule has 0 radical (unpaired) electrons. The molecule has 2 aromatic rings. The minimum absolute atomic E-state index is 0.196. The normalized spacial score (nSPS) is 10.1. The number of rotatable bonds is 6. The van der Waals surface area contributed by atoms with Crippen LogP contribution >= 0.6 is 0 Å².